The van der Waals surface area contributed by atoms with Crippen molar-refractivity contribution in [1.82, 2.24) is 10.6 Å². The van der Waals surface area contributed by atoms with Gasteiger partial charge in [0.1, 0.15) is 5.82 Å². The van der Waals surface area contributed by atoms with Crippen LogP contribution in [0.5, 0.6) is 0 Å². The minimum atomic E-state index is -0.361. The summed E-state index contributed by atoms with van der Waals surface area (Å²) in [6.07, 6.45) is 0. The molecule has 0 heterocycles. The molecule has 1 aromatic carbocycles. The molecular formula is C10H14ClFN2. The highest BCUT2D eigenvalue weighted by Crippen LogP contribution is 2.15. The Hall–Kier alpha value is -0.640. The second-order valence-corrected chi connectivity index (χ2v) is 3.44. The second kappa shape index (κ2) is 5.96. The van der Waals surface area contributed by atoms with Crippen LogP contribution in [0.3, 0.4) is 0 Å². The molecule has 0 atom stereocenters. The lowest BCUT2D eigenvalue weighted by Gasteiger charge is -2.04. The number of halogens is 2. The van der Waals surface area contributed by atoms with E-state index in [1.807, 2.05) is 13.1 Å². The Kier molecular flexibility index (Phi) is 4.87. The molecule has 0 saturated heterocycles. The maximum atomic E-state index is 13.0. The summed E-state index contributed by atoms with van der Waals surface area (Å²) in [6, 6.07) is 4.85. The Morgan fingerprint density at radius 2 is 2.14 bits per heavy atom. The molecule has 2 N–H and O–H groups in total. The third-order valence-corrected chi connectivity index (χ3v) is 2.17. The van der Waals surface area contributed by atoms with E-state index in [0.29, 0.717) is 6.54 Å². The topological polar surface area (TPSA) is 24.1 Å². The molecule has 0 spiro atoms. The van der Waals surface area contributed by atoms with Crippen LogP contribution in [0.15, 0.2) is 18.2 Å². The minimum Gasteiger partial charge on any atom is -0.318 e. The fraction of sp³-hybridized carbons (Fsp3) is 0.400. The molecule has 0 aliphatic heterocycles. The molecule has 0 bridgehead atoms. The Labute approximate surface area is 88.5 Å². The van der Waals surface area contributed by atoms with Crippen LogP contribution in [-0.4, -0.2) is 20.1 Å². The van der Waals surface area contributed by atoms with E-state index in [0.717, 1.165) is 18.7 Å². The average molecular weight is 217 g/mol. The molecule has 0 unspecified atom stereocenters. The normalized spacial score (nSPS) is 10.5. The molecule has 4 heteroatoms. The summed E-state index contributed by atoms with van der Waals surface area (Å²) in [6.45, 7) is 2.42. The van der Waals surface area contributed by atoms with Crippen LogP contribution in [0.25, 0.3) is 0 Å². The van der Waals surface area contributed by atoms with E-state index in [1.165, 1.54) is 6.07 Å². The van der Waals surface area contributed by atoms with Gasteiger partial charge in [0, 0.05) is 19.6 Å². The van der Waals surface area contributed by atoms with Gasteiger partial charge in [0.15, 0.2) is 0 Å². The van der Waals surface area contributed by atoms with Gasteiger partial charge in [0.05, 0.1) is 5.02 Å². The quantitative estimate of drug-likeness (QED) is 0.734. The van der Waals surface area contributed by atoms with Crippen LogP contribution in [0, 0.1) is 5.82 Å². The monoisotopic (exact) mass is 216 g/mol. The summed E-state index contributed by atoms with van der Waals surface area (Å²) in [4.78, 5) is 0. The smallest absolute Gasteiger partial charge is 0.142 e. The summed E-state index contributed by atoms with van der Waals surface area (Å²) in [5, 5.41) is 6.36. The van der Waals surface area contributed by atoms with Crippen molar-refractivity contribution in [3.05, 3.63) is 34.6 Å². The molecule has 0 amide bonds. The molecule has 0 aromatic heterocycles. The molecular weight excluding hydrogens is 203 g/mol. The van der Waals surface area contributed by atoms with E-state index in [2.05, 4.69) is 10.6 Å². The summed E-state index contributed by atoms with van der Waals surface area (Å²) < 4.78 is 13.0. The van der Waals surface area contributed by atoms with Crippen LogP contribution in [0.4, 0.5) is 4.39 Å². The zero-order chi connectivity index (χ0) is 10.4. The van der Waals surface area contributed by atoms with Crippen molar-refractivity contribution in [1.29, 1.82) is 0 Å². The van der Waals surface area contributed by atoms with Crippen LogP contribution >= 0.6 is 11.6 Å². The summed E-state index contributed by atoms with van der Waals surface area (Å²) in [5.41, 5.74) is 0.906. The standard InChI is InChI=1S/C10H14ClFN2/c1-13-4-5-14-7-8-2-3-9(11)10(12)6-8/h2-3,6,13-14H,4-5,7H2,1H3. The molecule has 78 valence electrons. The number of benzene rings is 1. The lowest BCUT2D eigenvalue weighted by molar-refractivity contribution is 0.617. The van der Waals surface area contributed by atoms with Gasteiger partial charge in [-0.2, -0.15) is 0 Å². The summed E-state index contributed by atoms with van der Waals surface area (Å²) >= 11 is 5.56. The molecule has 0 aliphatic rings. The van der Waals surface area contributed by atoms with Crippen molar-refractivity contribution in [2.75, 3.05) is 20.1 Å². The molecule has 1 aromatic rings. The van der Waals surface area contributed by atoms with Gasteiger partial charge < -0.3 is 10.6 Å². The first-order chi connectivity index (χ1) is 6.74. The van der Waals surface area contributed by atoms with E-state index in [1.54, 1.807) is 6.07 Å². The fourth-order valence-corrected chi connectivity index (χ4v) is 1.21. The Bertz CT molecular complexity index is 291. The number of hydrogen-bond acceptors (Lipinski definition) is 2. The van der Waals surface area contributed by atoms with Gasteiger partial charge in [-0.15, -0.1) is 0 Å². The zero-order valence-corrected chi connectivity index (χ0v) is 8.87. The highest BCUT2D eigenvalue weighted by Gasteiger charge is 1.99. The molecule has 1 rings (SSSR count). The van der Waals surface area contributed by atoms with E-state index in [-0.39, 0.29) is 10.8 Å². The second-order valence-electron chi connectivity index (χ2n) is 3.03. The van der Waals surface area contributed by atoms with Crippen molar-refractivity contribution in [2.24, 2.45) is 0 Å². The van der Waals surface area contributed by atoms with Gasteiger partial charge in [0.2, 0.25) is 0 Å². The Balaban J connectivity index is 2.39. The first kappa shape index (κ1) is 11.4. The first-order valence-corrected chi connectivity index (χ1v) is 4.91. The summed E-state index contributed by atoms with van der Waals surface area (Å²) in [5.74, 6) is -0.361. The largest absolute Gasteiger partial charge is 0.318 e. The maximum absolute atomic E-state index is 13.0. The summed E-state index contributed by atoms with van der Waals surface area (Å²) in [7, 11) is 1.89. The van der Waals surface area contributed by atoms with Gasteiger partial charge in [-0.1, -0.05) is 17.7 Å². The van der Waals surface area contributed by atoms with Crippen molar-refractivity contribution in [2.45, 2.75) is 6.54 Å². The van der Waals surface area contributed by atoms with Gasteiger partial charge in [-0.05, 0) is 24.7 Å². The van der Waals surface area contributed by atoms with Gasteiger partial charge in [-0.25, -0.2) is 4.39 Å². The lowest BCUT2D eigenvalue weighted by atomic mass is 10.2. The zero-order valence-electron chi connectivity index (χ0n) is 8.11. The molecule has 0 fully saturated rings. The van der Waals surface area contributed by atoms with Crippen LogP contribution in [0.2, 0.25) is 5.02 Å². The highest BCUT2D eigenvalue weighted by molar-refractivity contribution is 6.30. The molecule has 0 aliphatic carbocycles. The molecule has 0 radical (unpaired) electrons. The van der Waals surface area contributed by atoms with Gasteiger partial charge in [-0.3, -0.25) is 0 Å². The molecule has 2 nitrogen and oxygen atoms in total. The maximum Gasteiger partial charge on any atom is 0.142 e. The Morgan fingerprint density at radius 1 is 1.36 bits per heavy atom. The third-order valence-electron chi connectivity index (χ3n) is 1.86. The van der Waals surface area contributed by atoms with Crippen molar-refractivity contribution >= 4 is 11.6 Å². The fourth-order valence-electron chi connectivity index (χ4n) is 1.10. The SMILES string of the molecule is CNCCNCc1ccc(Cl)c(F)c1. The van der Waals surface area contributed by atoms with Gasteiger partial charge in [0.25, 0.3) is 0 Å². The van der Waals surface area contributed by atoms with Crippen LogP contribution < -0.4 is 10.6 Å². The van der Waals surface area contributed by atoms with E-state index < -0.39 is 0 Å². The molecule has 14 heavy (non-hydrogen) atoms. The van der Waals surface area contributed by atoms with E-state index in [4.69, 9.17) is 11.6 Å². The number of hydrogen-bond donors (Lipinski definition) is 2. The van der Waals surface area contributed by atoms with Gasteiger partial charge >= 0.3 is 0 Å². The van der Waals surface area contributed by atoms with Crippen molar-refractivity contribution in [3.63, 3.8) is 0 Å². The first-order valence-electron chi connectivity index (χ1n) is 4.53. The number of rotatable bonds is 5. The lowest BCUT2D eigenvalue weighted by Crippen LogP contribution is -2.24. The van der Waals surface area contributed by atoms with E-state index >= 15 is 0 Å². The predicted octanol–water partition coefficient (Wildman–Crippen LogP) is 1.79. The van der Waals surface area contributed by atoms with E-state index in [9.17, 15) is 4.39 Å². The average Bonchev–Trinajstić information content (AvgIpc) is 2.18. The highest BCUT2D eigenvalue weighted by atomic mass is 35.5. The minimum absolute atomic E-state index is 0.170. The Morgan fingerprint density at radius 3 is 2.79 bits per heavy atom. The van der Waals surface area contributed by atoms with Crippen LogP contribution in [0.1, 0.15) is 5.56 Å². The molecule has 0 saturated carbocycles. The predicted molar refractivity (Wildman–Crippen MR) is 57.0 cm³/mol. The number of likely N-dealkylation sites (N-methyl/N-ethyl adjacent to an activating group) is 1. The van der Waals surface area contributed by atoms with Crippen molar-refractivity contribution in [3.8, 4) is 0 Å². The van der Waals surface area contributed by atoms with Crippen LogP contribution in [-0.2, 0) is 6.54 Å². The third kappa shape index (κ3) is 3.62. The van der Waals surface area contributed by atoms with Crippen molar-refractivity contribution < 1.29 is 4.39 Å². The number of nitrogens with one attached hydrogen (secondary N) is 2.